The van der Waals surface area contributed by atoms with Crippen LogP contribution in [0.1, 0.15) is 12.5 Å². The zero-order valence-corrected chi connectivity index (χ0v) is 18.3. The van der Waals surface area contributed by atoms with Crippen LogP contribution in [0.4, 0.5) is 11.4 Å². The van der Waals surface area contributed by atoms with Gasteiger partial charge in [0.2, 0.25) is 10.0 Å². The summed E-state index contributed by atoms with van der Waals surface area (Å²) < 4.78 is 38.0. The van der Waals surface area contributed by atoms with Crippen LogP contribution in [0.15, 0.2) is 47.5 Å². The molecule has 3 rings (SSSR count). The molecule has 0 aromatic heterocycles. The molecule has 2 N–H and O–H groups in total. The minimum absolute atomic E-state index is 0.0329. The van der Waals surface area contributed by atoms with E-state index in [1.54, 1.807) is 20.2 Å². The molecule has 0 saturated carbocycles. The van der Waals surface area contributed by atoms with E-state index >= 15 is 0 Å². The van der Waals surface area contributed by atoms with Crippen molar-refractivity contribution in [1.82, 2.24) is 5.32 Å². The predicted molar refractivity (Wildman–Crippen MR) is 120 cm³/mol. The van der Waals surface area contributed by atoms with E-state index < -0.39 is 10.0 Å². The Morgan fingerprint density at radius 2 is 2.00 bits per heavy atom. The molecular weight excluding hydrogens is 404 g/mol. The highest BCUT2D eigenvalue weighted by Crippen LogP contribution is 2.31. The molecule has 0 spiro atoms. The third-order valence-electron chi connectivity index (χ3n) is 4.78. The molecule has 162 valence electrons. The van der Waals surface area contributed by atoms with Crippen molar-refractivity contribution in [3.63, 3.8) is 0 Å². The molecule has 0 atom stereocenters. The molecule has 0 aliphatic carbocycles. The molecule has 1 heterocycles. The average Bonchev–Trinajstić information content (AvgIpc) is 3.18. The van der Waals surface area contributed by atoms with Crippen molar-refractivity contribution < 1.29 is 17.9 Å². The first-order valence-electron chi connectivity index (χ1n) is 9.85. The summed E-state index contributed by atoms with van der Waals surface area (Å²) >= 11 is 0. The van der Waals surface area contributed by atoms with Crippen LogP contribution in [-0.4, -0.2) is 54.0 Å². The zero-order chi connectivity index (χ0) is 21.6. The molecule has 0 unspecified atom stereocenters. The van der Waals surface area contributed by atoms with Crippen LogP contribution in [0, 0.1) is 0 Å². The van der Waals surface area contributed by atoms with Gasteiger partial charge in [-0.3, -0.25) is 9.30 Å². The third-order valence-corrected chi connectivity index (χ3v) is 6.55. The van der Waals surface area contributed by atoms with Crippen LogP contribution in [0.5, 0.6) is 11.5 Å². The van der Waals surface area contributed by atoms with E-state index in [1.807, 2.05) is 43.3 Å². The van der Waals surface area contributed by atoms with Gasteiger partial charge in [-0.2, -0.15) is 0 Å². The van der Waals surface area contributed by atoms with Crippen molar-refractivity contribution in [1.29, 1.82) is 0 Å². The predicted octanol–water partition coefficient (Wildman–Crippen LogP) is 2.47. The number of benzene rings is 2. The second kappa shape index (κ2) is 9.71. The lowest BCUT2D eigenvalue weighted by molar-refractivity contribution is 0.311. The van der Waals surface area contributed by atoms with Crippen molar-refractivity contribution in [2.45, 2.75) is 13.3 Å². The molecular formula is C21H28N4O4S. The quantitative estimate of drug-likeness (QED) is 0.492. The standard InChI is InChI=1S/C21H28N4O4S/c1-4-29-20-15-17(9-10-19(20)28-3)24-21(22-2)23-12-14-30(26,27)25-13-11-16-7-5-6-8-18(16)25/h5-10,15H,4,11-14H2,1-3H3,(H2,22,23,24). The number of methoxy groups -OCH3 is 1. The lowest BCUT2D eigenvalue weighted by Crippen LogP contribution is -2.39. The third kappa shape index (κ3) is 4.96. The maximum absolute atomic E-state index is 12.8. The fourth-order valence-corrected chi connectivity index (χ4v) is 4.77. The molecule has 1 aliphatic rings. The number of nitrogens with one attached hydrogen (secondary N) is 2. The number of hydrogen-bond acceptors (Lipinski definition) is 5. The van der Waals surface area contributed by atoms with E-state index in [-0.39, 0.29) is 12.3 Å². The van der Waals surface area contributed by atoms with Gasteiger partial charge in [-0.05, 0) is 37.1 Å². The van der Waals surface area contributed by atoms with Crippen molar-refractivity contribution in [3.8, 4) is 11.5 Å². The molecule has 0 saturated heterocycles. The van der Waals surface area contributed by atoms with Crippen LogP contribution in [0.2, 0.25) is 0 Å². The smallest absolute Gasteiger partial charge is 0.236 e. The van der Waals surface area contributed by atoms with E-state index in [9.17, 15) is 8.42 Å². The number of ether oxygens (including phenoxy) is 2. The molecule has 1 aliphatic heterocycles. The van der Waals surface area contributed by atoms with Crippen LogP contribution < -0.4 is 24.4 Å². The molecule has 0 fully saturated rings. The summed E-state index contributed by atoms with van der Waals surface area (Å²) in [5.74, 6) is 1.70. The van der Waals surface area contributed by atoms with Crippen LogP contribution in [0.25, 0.3) is 0 Å². The second-order valence-electron chi connectivity index (χ2n) is 6.69. The summed E-state index contributed by atoms with van der Waals surface area (Å²) in [6, 6.07) is 13.1. The minimum Gasteiger partial charge on any atom is -0.493 e. The maximum atomic E-state index is 12.8. The van der Waals surface area contributed by atoms with Crippen LogP contribution in [0.3, 0.4) is 0 Å². The largest absolute Gasteiger partial charge is 0.493 e. The SMILES string of the molecule is CCOc1cc(NC(=NC)NCCS(=O)(=O)N2CCc3ccccc32)ccc1OC. The minimum atomic E-state index is -3.42. The average molecular weight is 433 g/mol. The number of rotatable bonds is 8. The Kier molecular flexibility index (Phi) is 7.04. The van der Waals surface area contributed by atoms with Gasteiger partial charge in [0.25, 0.3) is 0 Å². The monoisotopic (exact) mass is 432 g/mol. The fraction of sp³-hybridized carbons (Fsp3) is 0.381. The van der Waals surface area contributed by atoms with E-state index in [1.165, 1.54) is 4.31 Å². The lowest BCUT2D eigenvalue weighted by Gasteiger charge is -2.20. The molecule has 30 heavy (non-hydrogen) atoms. The van der Waals surface area contributed by atoms with Gasteiger partial charge in [-0.15, -0.1) is 0 Å². The van der Waals surface area contributed by atoms with Gasteiger partial charge < -0.3 is 20.1 Å². The van der Waals surface area contributed by atoms with E-state index in [4.69, 9.17) is 9.47 Å². The first-order chi connectivity index (χ1) is 14.5. The maximum Gasteiger partial charge on any atom is 0.236 e. The van der Waals surface area contributed by atoms with Crippen molar-refractivity contribution in [3.05, 3.63) is 48.0 Å². The summed E-state index contributed by atoms with van der Waals surface area (Å²) in [7, 11) is -0.201. The summed E-state index contributed by atoms with van der Waals surface area (Å²) in [4.78, 5) is 4.17. The van der Waals surface area contributed by atoms with Crippen LogP contribution >= 0.6 is 0 Å². The number of para-hydroxylation sites is 1. The highest BCUT2D eigenvalue weighted by atomic mass is 32.2. The first-order valence-corrected chi connectivity index (χ1v) is 11.5. The van der Waals surface area contributed by atoms with E-state index in [0.29, 0.717) is 30.6 Å². The Hall–Kier alpha value is -2.94. The summed E-state index contributed by atoms with van der Waals surface area (Å²) in [6.45, 7) is 3.14. The molecule has 0 amide bonds. The molecule has 2 aromatic carbocycles. The number of anilines is 2. The van der Waals surface area contributed by atoms with E-state index in [0.717, 1.165) is 23.4 Å². The normalized spacial score (nSPS) is 13.7. The second-order valence-corrected chi connectivity index (χ2v) is 8.70. The Balaban J connectivity index is 1.59. The fourth-order valence-electron chi connectivity index (χ4n) is 3.34. The number of hydrogen-bond donors (Lipinski definition) is 2. The van der Waals surface area contributed by atoms with Crippen molar-refractivity contribution >= 4 is 27.4 Å². The van der Waals surface area contributed by atoms with Gasteiger partial charge in [0, 0.05) is 31.9 Å². The van der Waals surface area contributed by atoms with Crippen molar-refractivity contribution in [2.24, 2.45) is 4.99 Å². The number of guanidine groups is 1. The number of nitrogens with zero attached hydrogens (tertiary/aromatic N) is 2. The molecule has 0 bridgehead atoms. The first kappa shape index (κ1) is 21.8. The molecule has 9 heteroatoms. The van der Waals surface area contributed by atoms with Gasteiger partial charge in [0.1, 0.15) is 0 Å². The molecule has 0 radical (unpaired) electrons. The van der Waals surface area contributed by atoms with Gasteiger partial charge >= 0.3 is 0 Å². The lowest BCUT2D eigenvalue weighted by atomic mass is 10.2. The summed E-state index contributed by atoms with van der Waals surface area (Å²) in [5, 5.41) is 6.21. The Morgan fingerprint density at radius 1 is 1.20 bits per heavy atom. The van der Waals surface area contributed by atoms with Gasteiger partial charge in [0.05, 0.1) is 25.2 Å². The number of fused-ring (bicyclic) bond motifs is 1. The van der Waals surface area contributed by atoms with Crippen molar-refractivity contribution in [2.75, 3.05) is 49.2 Å². The zero-order valence-electron chi connectivity index (χ0n) is 17.5. The Morgan fingerprint density at radius 3 is 2.73 bits per heavy atom. The highest BCUT2D eigenvalue weighted by molar-refractivity contribution is 7.92. The number of sulfonamides is 1. The van der Waals surface area contributed by atoms with Gasteiger partial charge in [0.15, 0.2) is 17.5 Å². The summed E-state index contributed by atoms with van der Waals surface area (Å²) in [6.07, 6.45) is 0.742. The number of aliphatic imine (C=N–C) groups is 1. The molecule has 8 nitrogen and oxygen atoms in total. The van der Waals surface area contributed by atoms with Gasteiger partial charge in [-0.1, -0.05) is 18.2 Å². The van der Waals surface area contributed by atoms with Gasteiger partial charge in [-0.25, -0.2) is 8.42 Å². The Labute approximate surface area is 178 Å². The van der Waals surface area contributed by atoms with E-state index in [2.05, 4.69) is 15.6 Å². The molecule has 2 aromatic rings. The highest BCUT2D eigenvalue weighted by Gasteiger charge is 2.28. The Bertz CT molecular complexity index is 1010. The topological polar surface area (TPSA) is 92.3 Å². The van der Waals surface area contributed by atoms with Crippen LogP contribution in [-0.2, 0) is 16.4 Å². The summed E-state index contributed by atoms with van der Waals surface area (Å²) in [5.41, 5.74) is 2.60.